The first-order valence-electron chi connectivity index (χ1n) is 8.89. The molecule has 1 N–H and O–H groups in total. The van der Waals surface area contributed by atoms with Crippen LogP contribution in [0.1, 0.15) is 42.2 Å². The molecule has 1 atom stereocenters. The van der Waals surface area contributed by atoms with Crippen LogP contribution >= 0.6 is 11.6 Å². The number of imidazole rings is 1. The van der Waals surface area contributed by atoms with E-state index in [1.165, 1.54) is 6.07 Å². The van der Waals surface area contributed by atoms with E-state index in [1.54, 1.807) is 25.3 Å². The average molecular weight is 387 g/mol. The lowest BCUT2D eigenvalue weighted by Gasteiger charge is -2.30. The van der Waals surface area contributed by atoms with Crippen LogP contribution < -0.4 is 10.1 Å². The minimum Gasteiger partial charge on any atom is -0.481 e. The van der Waals surface area contributed by atoms with Crippen LogP contribution in [-0.2, 0) is 6.42 Å². The van der Waals surface area contributed by atoms with E-state index in [0.717, 1.165) is 35.7 Å². The quantitative estimate of drug-likeness (QED) is 0.696. The van der Waals surface area contributed by atoms with E-state index in [2.05, 4.69) is 17.2 Å². The van der Waals surface area contributed by atoms with Crippen LogP contribution in [0.25, 0.3) is 5.82 Å². The van der Waals surface area contributed by atoms with E-state index in [1.807, 2.05) is 17.6 Å². The van der Waals surface area contributed by atoms with Gasteiger partial charge in [0.2, 0.25) is 5.88 Å². The van der Waals surface area contributed by atoms with E-state index in [9.17, 15) is 4.39 Å². The van der Waals surface area contributed by atoms with Gasteiger partial charge >= 0.3 is 0 Å². The highest BCUT2D eigenvalue weighted by Gasteiger charge is 2.34. The van der Waals surface area contributed by atoms with E-state index < -0.39 is 6.04 Å². The SMILES string of the molecule is CCCc1nc(C)c2n1-c1nc(OC)ccc1NC2c1c(F)cccc1Cl. The van der Waals surface area contributed by atoms with Gasteiger partial charge < -0.3 is 10.1 Å². The summed E-state index contributed by atoms with van der Waals surface area (Å²) in [6.45, 7) is 4.03. The van der Waals surface area contributed by atoms with Crippen LogP contribution in [-0.4, -0.2) is 21.6 Å². The molecule has 0 amide bonds. The molecule has 3 aromatic rings. The Labute approximate surface area is 162 Å². The zero-order chi connectivity index (χ0) is 19.1. The standard InChI is InChI=1S/C20H20ClFN4O/c1-4-6-15-23-11(2)19-18(17-12(21)7-5-8-13(17)22)24-14-9-10-16(27-3)25-20(14)26(15)19/h5,7-10,18,24H,4,6H2,1-3H3. The van der Waals surface area contributed by atoms with Crippen molar-refractivity contribution in [3.63, 3.8) is 0 Å². The number of rotatable bonds is 4. The smallest absolute Gasteiger partial charge is 0.215 e. The molecule has 0 aliphatic carbocycles. The molecule has 7 heteroatoms. The molecule has 0 radical (unpaired) electrons. The molecule has 0 fully saturated rings. The number of pyridine rings is 1. The summed E-state index contributed by atoms with van der Waals surface area (Å²) in [5.41, 5.74) is 2.86. The molecule has 5 nitrogen and oxygen atoms in total. The Kier molecular flexibility index (Phi) is 4.52. The molecule has 1 aliphatic heterocycles. The van der Waals surface area contributed by atoms with Crippen molar-refractivity contribution in [3.05, 3.63) is 63.9 Å². The van der Waals surface area contributed by atoms with E-state index >= 15 is 0 Å². The summed E-state index contributed by atoms with van der Waals surface area (Å²) < 4.78 is 22.0. The average Bonchev–Trinajstić information content (AvgIpc) is 2.98. The van der Waals surface area contributed by atoms with Gasteiger partial charge in [0.15, 0.2) is 5.82 Å². The molecular weight excluding hydrogens is 367 g/mol. The van der Waals surface area contributed by atoms with Crippen LogP contribution in [0.5, 0.6) is 5.88 Å². The lowest BCUT2D eigenvalue weighted by atomic mass is 9.99. The summed E-state index contributed by atoms with van der Waals surface area (Å²) in [6, 6.07) is 7.94. The topological polar surface area (TPSA) is 52.0 Å². The predicted molar refractivity (Wildman–Crippen MR) is 104 cm³/mol. The third-order valence-corrected chi connectivity index (χ3v) is 5.10. The van der Waals surface area contributed by atoms with Crippen molar-refractivity contribution < 1.29 is 9.13 Å². The van der Waals surface area contributed by atoms with E-state index in [0.29, 0.717) is 22.3 Å². The molecule has 140 valence electrons. The Bertz CT molecular complexity index is 997. The summed E-state index contributed by atoms with van der Waals surface area (Å²) in [4.78, 5) is 9.36. The maximum atomic E-state index is 14.7. The van der Waals surface area contributed by atoms with Crippen LogP contribution in [0, 0.1) is 12.7 Å². The number of hydrogen-bond donors (Lipinski definition) is 1. The maximum absolute atomic E-state index is 14.7. The van der Waals surface area contributed by atoms with Crippen molar-refractivity contribution in [1.82, 2.24) is 14.5 Å². The van der Waals surface area contributed by atoms with Crippen LogP contribution in [0.15, 0.2) is 30.3 Å². The first-order chi connectivity index (χ1) is 13.0. The lowest BCUT2D eigenvalue weighted by Crippen LogP contribution is -2.26. The highest BCUT2D eigenvalue weighted by atomic mass is 35.5. The Balaban J connectivity index is 1.99. The summed E-state index contributed by atoms with van der Waals surface area (Å²) in [5, 5.41) is 3.77. The molecule has 2 aromatic heterocycles. The predicted octanol–water partition coefficient (Wildman–Crippen LogP) is 4.84. The number of nitrogens with zero attached hydrogens (tertiary/aromatic N) is 3. The molecule has 1 aliphatic rings. The van der Waals surface area contributed by atoms with Gasteiger partial charge in [-0.3, -0.25) is 4.57 Å². The molecule has 0 saturated carbocycles. The molecule has 3 heterocycles. The first-order valence-corrected chi connectivity index (χ1v) is 9.26. The highest BCUT2D eigenvalue weighted by Crippen LogP contribution is 2.42. The molecule has 0 bridgehead atoms. The van der Waals surface area contributed by atoms with Gasteiger partial charge in [-0.2, -0.15) is 4.98 Å². The number of ether oxygens (including phenoxy) is 1. The fourth-order valence-corrected chi connectivity index (χ4v) is 3.89. The summed E-state index contributed by atoms with van der Waals surface area (Å²) in [7, 11) is 1.58. The van der Waals surface area contributed by atoms with Crippen molar-refractivity contribution >= 4 is 17.3 Å². The van der Waals surface area contributed by atoms with Gasteiger partial charge in [0, 0.05) is 23.1 Å². The van der Waals surface area contributed by atoms with Crippen molar-refractivity contribution in [2.24, 2.45) is 0 Å². The Morgan fingerprint density at radius 1 is 1.26 bits per heavy atom. The maximum Gasteiger partial charge on any atom is 0.215 e. The van der Waals surface area contributed by atoms with Crippen LogP contribution in [0.2, 0.25) is 5.02 Å². The van der Waals surface area contributed by atoms with Gasteiger partial charge in [-0.15, -0.1) is 0 Å². The minimum atomic E-state index is -0.459. The molecule has 0 spiro atoms. The van der Waals surface area contributed by atoms with E-state index in [4.69, 9.17) is 21.3 Å². The summed E-state index contributed by atoms with van der Waals surface area (Å²) in [6.07, 6.45) is 1.73. The number of methoxy groups -OCH3 is 1. The Morgan fingerprint density at radius 3 is 2.78 bits per heavy atom. The van der Waals surface area contributed by atoms with Gasteiger partial charge in [0.05, 0.1) is 30.2 Å². The van der Waals surface area contributed by atoms with Crippen LogP contribution in [0.4, 0.5) is 10.1 Å². The van der Waals surface area contributed by atoms with Gasteiger partial charge in [0.1, 0.15) is 11.6 Å². The Morgan fingerprint density at radius 2 is 2.07 bits per heavy atom. The van der Waals surface area contributed by atoms with Gasteiger partial charge in [-0.1, -0.05) is 24.6 Å². The van der Waals surface area contributed by atoms with Gasteiger partial charge in [0.25, 0.3) is 0 Å². The number of anilines is 1. The van der Waals surface area contributed by atoms with Crippen molar-refractivity contribution in [2.45, 2.75) is 32.7 Å². The third-order valence-electron chi connectivity index (χ3n) is 4.77. The zero-order valence-corrected chi connectivity index (χ0v) is 16.1. The second kappa shape index (κ2) is 6.85. The number of fused-ring (bicyclic) bond motifs is 3. The number of hydrogen-bond acceptors (Lipinski definition) is 4. The van der Waals surface area contributed by atoms with E-state index in [-0.39, 0.29) is 5.82 Å². The van der Waals surface area contributed by atoms with Gasteiger partial charge in [-0.25, -0.2) is 9.37 Å². The number of nitrogens with one attached hydrogen (secondary N) is 1. The number of halogens is 2. The summed E-state index contributed by atoms with van der Waals surface area (Å²) >= 11 is 6.38. The van der Waals surface area contributed by atoms with Crippen molar-refractivity contribution in [2.75, 3.05) is 12.4 Å². The molecular formula is C20H20ClFN4O. The second-order valence-corrected chi connectivity index (χ2v) is 6.93. The molecule has 0 saturated heterocycles. The second-order valence-electron chi connectivity index (χ2n) is 6.52. The summed E-state index contributed by atoms with van der Waals surface area (Å²) in [5.74, 6) is 1.76. The highest BCUT2D eigenvalue weighted by molar-refractivity contribution is 6.31. The fraction of sp³-hybridized carbons (Fsp3) is 0.300. The first kappa shape index (κ1) is 17.8. The fourth-order valence-electron chi connectivity index (χ4n) is 3.61. The molecule has 1 aromatic carbocycles. The minimum absolute atomic E-state index is 0.353. The number of benzene rings is 1. The third kappa shape index (κ3) is 2.84. The number of aryl methyl sites for hydroxylation is 2. The molecule has 4 rings (SSSR count). The monoisotopic (exact) mass is 386 g/mol. The largest absolute Gasteiger partial charge is 0.481 e. The zero-order valence-electron chi connectivity index (χ0n) is 15.4. The normalized spacial score (nSPS) is 15.1. The van der Waals surface area contributed by atoms with Gasteiger partial charge in [-0.05, 0) is 31.5 Å². The van der Waals surface area contributed by atoms with Crippen LogP contribution in [0.3, 0.4) is 0 Å². The number of aromatic nitrogens is 3. The Hall–Kier alpha value is -2.60. The lowest BCUT2D eigenvalue weighted by molar-refractivity contribution is 0.397. The van der Waals surface area contributed by atoms with Crippen molar-refractivity contribution in [3.8, 4) is 11.7 Å². The molecule has 1 unspecified atom stereocenters. The molecule has 27 heavy (non-hydrogen) atoms. The van der Waals surface area contributed by atoms with Crippen molar-refractivity contribution in [1.29, 1.82) is 0 Å².